The SMILES string of the molecule is Cc1cc2c(o1)CC(C)(C)CC2NC(=O)Cc1csc(NC(=O)c2ccccc2F)n1. The third-order valence-electron chi connectivity index (χ3n) is 5.30. The zero-order valence-corrected chi connectivity index (χ0v) is 18.4. The van der Waals surface area contributed by atoms with Crippen molar-refractivity contribution in [3.63, 3.8) is 0 Å². The van der Waals surface area contributed by atoms with Crippen LogP contribution in [0.4, 0.5) is 9.52 Å². The number of benzene rings is 1. The molecule has 1 aliphatic rings. The number of hydrogen-bond donors (Lipinski definition) is 2. The van der Waals surface area contributed by atoms with Gasteiger partial charge in [-0.1, -0.05) is 26.0 Å². The van der Waals surface area contributed by atoms with Crippen molar-refractivity contribution in [3.05, 3.63) is 69.9 Å². The van der Waals surface area contributed by atoms with Crippen molar-refractivity contribution in [3.8, 4) is 0 Å². The lowest BCUT2D eigenvalue weighted by atomic mass is 9.74. The Balaban J connectivity index is 1.39. The van der Waals surface area contributed by atoms with Crippen molar-refractivity contribution in [2.75, 3.05) is 5.32 Å². The van der Waals surface area contributed by atoms with Gasteiger partial charge in [-0.3, -0.25) is 14.9 Å². The van der Waals surface area contributed by atoms with Gasteiger partial charge in [0.05, 0.1) is 23.7 Å². The number of amides is 2. The van der Waals surface area contributed by atoms with Crippen LogP contribution >= 0.6 is 11.3 Å². The van der Waals surface area contributed by atoms with E-state index in [1.54, 1.807) is 11.4 Å². The maximum absolute atomic E-state index is 13.8. The number of halogens is 1. The van der Waals surface area contributed by atoms with Crippen LogP contribution in [-0.2, 0) is 17.6 Å². The summed E-state index contributed by atoms with van der Waals surface area (Å²) in [4.78, 5) is 29.2. The second kappa shape index (κ2) is 8.26. The van der Waals surface area contributed by atoms with E-state index in [0.29, 0.717) is 10.8 Å². The fourth-order valence-corrected chi connectivity index (χ4v) is 4.68. The zero-order valence-electron chi connectivity index (χ0n) is 17.6. The lowest BCUT2D eigenvalue weighted by Crippen LogP contribution is -2.36. The first-order chi connectivity index (χ1) is 14.7. The van der Waals surface area contributed by atoms with Gasteiger partial charge >= 0.3 is 0 Å². The standard InChI is InChI=1S/C23H24FN3O3S/c1-13-8-16-18(10-23(2,3)11-19(16)30-13)26-20(28)9-14-12-31-22(25-14)27-21(29)15-6-4-5-7-17(15)24/h4-8,12,18H,9-11H2,1-3H3,(H,26,28)(H,25,27,29). The number of nitrogens with zero attached hydrogens (tertiary/aromatic N) is 1. The molecule has 1 unspecified atom stereocenters. The predicted octanol–water partition coefficient (Wildman–Crippen LogP) is 4.81. The summed E-state index contributed by atoms with van der Waals surface area (Å²) in [7, 11) is 0. The van der Waals surface area contributed by atoms with Gasteiger partial charge in [-0.15, -0.1) is 11.3 Å². The number of fused-ring (bicyclic) bond motifs is 1. The summed E-state index contributed by atoms with van der Waals surface area (Å²) in [6, 6.07) is 7.63. The fourth-order valence-electron chi connectivity index (χ4n) is 3.98. The number of thiazole rings is 1. The van der Waals surface area contributed by atoms with Crippen LogP contribution in [-0.4, -0.2) is 16.8 Å². The molecule has 8 heteroatoms. The molecule has 1 aliphatic carbocycles. The molecule has 2 amide bonds. The molecule has 2 heterocycles. The Kier molecular flexibility index (Phi) is 5.66. The van der Waals surface area contributed by atoms with Gasteiger partial charge < -0.3 is 9.73 Å². The maximum Gasteiger partial charge on any atom is 0.260 e. The fraction of sp³-hybridized carbons (Fsp3) is 0.348. The van der Waals surface area contributed by atoms with Crippen molar-refractivity contribution in [1.82, 2.24) is 10.3 Å². The van der Waals surface area contributed by atoms with Gasteiger partial charge in [-0.2, -0.15) is 0 Å². The summed E-state index contributed by atoms with van der Waals surface area (Å²) in [6.45, 7) is 6.24. The van der Waals surface area contributed by atoms with Gasteiger partial charge in [-0.05, 0) is 37.0 Å². The average molecular weight is 442 g/mol. The Labute approximate surface area is 183 Å². The van der Waals surface area contributed by atoms with Crippen LogP contribution in [0.1, 0.15) is 59.4 Å². The van der Waals surface area contributed by atoms with E-state index < -0.39 is 11.7 Å². The van der Waals surface area contributed by atoms with Gasteiger partial charge in [0, 0.05) is 17.4 Å². The molecule has 1 atom stereocenters. The molecule has 162 valence electrons. The highest BCUT2D eigenvalue weighted by Gasteiger charge is 2.35. The lowest BCUT2D eigenvalue weighted by molar-refractivity contribution is -0.121. The smallest absolute Gasteiger partial charge is 0.260 e. The molecule has 0 saturated carbocycles. The molecule has 3 aromatic rings. The van der Waals surface area contributed by atoms with E-state index in [2.05, 4.69) is 29.5 Å². The van der Waals surface area contributed by atoms with Crippen molar-refractivity contribution in [2.24, 2.45) is 5.41 Å². The van der Waals surface area contributed by atoms with Crippen LogP contribution in [0.5, 0.6) is 0 Å². The number of aromatic nitrogens is 1. The molecule has 2 aromatic heterocycles. The first-order valence-corrected chi connectivity index (χ1v) is 11.0. The second-order valence-electron chi connectivity index (χ2n) is 8.66. The molecular weight excluding hydrogens is 417 g/mol. The Bertz CT molecular complexity index is 1130. The summed E-state index contributed by atoms with van der Waals surface area (Å²) in [5.41, 5.74) is 1.56. The van der Waals surface area contributed by atoms with Crippen molar-refractivity contribution < 1.29 is 18.4 Å². The third-order valence-corrected chi connectivity index (χ3v) is 6.11. The number of aryl methyl sites for hydroxylation is 1. The first-order valence-electron chi connectivity index (χ1n) is 10.1. The predicted molar refractivity (Wildman–Crippen MR) is 117 cm³/mol. The summed E-state index contributed by atoms with van der Waals surface area (Å²) in [6.07, 6.45) is 1.76. The first kappa shape index (κ1) is 21.2. The molecule has 31 heavy (non-hydrogen) atoms. The number of carbonyl (C=O) groups is 2. The number of furan rings is 1. The van der Waals surface area contributed by atoms with Gasteiger partial charge in [0.15, 0.2) is 5.13 Å². The highest BCUT2D eigenvalue weighted by Crippen LogP contribution is 2.42. The summed E-state index contributed by atoms with van der Waals surface area (Å²) in [5, 5.41) is 7.73. The molecule has 0 bridgehead atoms. The molecule has 6 nitrogen and oxygen atoms in total. The van der Waals surface area contributed by atoms with E-state index >= 15 is 0 Å². The van der Waals surface area contributed by atoms with Gasteiger partial charge in [0.2, 0.25) is 5.91 Å². The summed E-state index contributed by atoms with van der Waals surface area (Å²) >= 11 is 1.20. The monoisotopic (exact) mass is 441 g/mol. The minimum atomic E-state index is -0.597. The molecule has 0 saturated heterocycles. The van der Waals surface area contributed by atoms with Crippen LogP contribution in [0, 0.1) is 18.2 Å². The zero-order chi connectivity index (χ0) is 22.2. The highest BCUT2D eigenvalue weighted by molar-refractivity contribution is 7.14. The highest BCUT2D eigenvalue weighted by atomic mass is 32.1. The van der Waals surface area contributed by atoms with Gasteiger partial charge in [0.1, 0.15) is 17.3 Å². The molecule has 0 aliphatic heterocycles. The van der Waals surface area contributed by atoms with Crippen molar-refractivity contribution in [2.45, 2.75) is 46.1 Å². The summed E-state index contributed by atoms with van der Waals surface area (Å²) in [5.74, 6) is 0.462. The van der Waals surface area contributed by atoms with E-state index in [1.165, 1.54) is 29.5 Å². The number of rotatable bonds is 5. The Hall–Kier alpha value is -3.00. The van der Waals surface area contributed by atoms with E-state index in [4.69, 9.17) is 4.42 Å². The molecule has 0 radical (unpaired) electrons. The normalized spacial score (nSPS) is 17.1. The van der Waals surface area contributed by atoms with E-state index in [1.807, 2.05) is 13.0 Å². The second-order valence-corrected chi connectivity index (χ2v) is 9.51. The van der Waals surface area contributed by atoms with Crippen LogP contribution < -0.4 is 10.6 Å². The topological polar surface area (TPSA) is 84.2 Å². The Morgan fingerprint density at radius 1 is 1.32 bits per heavy atom. The maximum atomic E-state index is 13.8. The quantitative estimate of drug-likeness (QED) is 0.595. The van der Waals surface area contributed by atoms with E-state index in [-0.39, 0.29) is 29.3 Å². The number of carbonyl (C=O) groups excluding carboxylic acids is 2. The molecule has 0 spiro atoms. The van der Waals surface area contributed by atoms with E-state index in [0.717, 1.165) is 29.9 Å². The van der Waals surface area contributed by atoms with Crippen LogP contribution in [0.15, 0.2) is 40.1 Å². The van der Waals surface area contributed by atoms with Crippen LogP contribution in [0.25, 0.3) is 0 Å². The number of anilines is 1. The molecule has 4 rings (SSSR count). The molecule has 0 fully saturated rings. The van der Waals surface area contributed by atoms with Crippen molar-refractivity contribution in [1.29, 1.82) is 0 Å². The van der Waals surface area contributed by atoms with Crippen LogP contribution in [0.2, 0.25) is 0 Å². The summed E-state index contributed by atoms with van der Waals surface area (Å²) < 4.78 is 19.6. The average Bonchev–Trinajstić information content (AvgIpc) is 3.26. The van der Waals surface area contributed by atoms with E-state index in [9.17, 15) is 14.0 Å². The Morgan fingerprint density at radius 3 is 2.87 bits per heavy atom. The van der Waals surface area contributed by atoms with Crippen molar-refractivity contribution >= 4 is 28.3 Å². The van der Waals surface area contributed by atoms with Crippen LogP contribution in [0.3, 0.4) is 0 Å². The lowest BCUT2D eigenvalue weighted by Gasteiger charge is -2.34. The number of nitrogens with one attached hydrogen (secondary N) is 2. The molecular formula is C23H24FN3O3S. The third kappa shape index (κ3) is 4.85. The Morgan fingerprint density at radius 2 is 2.10 bits per heavy atom. The van der Waals surface area contributed by atoms with Gasteiger partial charge in [-0.25, -0.2) is 9.37 Å². The minimum absolute atomic E-state index is 0.0278. The van der Waals surface area contributed by atoms with Gasteiger partial charge in [0.25, 0.3) is 5.91 Å². The molecule has 1 aromatic carbocycles. The minimum Gasteiger partial charge on any atom is -0.466 e. The number of hydrogen-bond acceptors (Lipinski definition) is 5. The largest absolute Gasteiger partial charge is 0.466 e. The molecule has 2 N–H and O–H groups in total.